The molecule has 2 N–H and O–H groups in total. The number of hydrogen-bond acceptors (Lipinski definition) is 3. The van der Waals surface area contributed by atoms with E-state index >= 15 is 0 Å². The van der Waals surface area contributed by atoms with Gasteiger partial charge in [-0.15, -0.1) is 0 Å². The molecule has 0 aliphatic heterocycles. The van der Waals surface area contributed by atoms with Crippen molar-refractivity contribution in [3.63, 3.8) is 0 Å². The summed E-state index contributed by atoms with van der Waals surface area (Å²) < 4.78 is 5.27. The normalized spacial score (nSPS) is 10.8. The number of hydrogen-bond donors (Lipinski definition) is 2. The Balaban J connectivity index is 2.40. The molecule has 0 fully saturated rings. The number of amides is 3. The maximum absolute atomic E-state index is 12.0. The fourth-order valence-corrected chi connectivity index (χ4v) is 2.09. The SMILES string of the molecule is COc1ccccc1CCNC(=O)N(C)CC(=O)NC(C)(C)C. The van der Waals surface area contributed by atoms with Gasteiger partial charge in [0.1, 0.15) is 12.3 Å². The molecule has 0 aliphatic rings. The molecule has 6 nitrogen and oxygen atoms in total. The Kier molecular flexibility index (Phi) is 6.88. The second-order valence-electron chi connectivity index (χ2n) is 6.45. The van der Waals surface area contributed by atoms with Gasteiger partial charge in [-0.05, 0) is 38.8 Å². The molecule has 0 spiro atoms. The summed E-state index contributed by atoms with van der Waals surface area (Å²) in [6, 6.07) is 7.42. The average molecular weight is 321 g/mol. The van der Waals surface area contributed by atoms with Gasteiger partial charge in [0, 0.05) is 19.1 Å². The first-order valence-electron chi connectivity index (χ1n) is 7.65. The lowest BCUT2D eigenvalue weighted by atomic mass is 10.1. The molecule has 1 aromatic carbocycles. The van der Waals surface area contributed by atoms with Crippen molar-refractivity contribution in [2.45, 2.75) is 32.7 Å². The monoisotopic (exact) mass is 321 g/mol. The molecule has 1 aromatic rings. The number of benzene rings is 1. The van der Waals surface area contributed by atoms with Gasteiger partial charge in [-0.3, -0.25) is 4.79 Å². The minimum Gasteiger partial charge on any atom is -0.496 e. The quantitative estimate of drug-likeness (QED) is 0.839. The number of carbonyl (C=O) groups is 2. The van der Waals surface area contributed by atoms with E-state index in [0.717, 1.165) is 11.3 Å². The molecule has 0 aliphatic carbocycles. The van der Waals surface area contributed by atoms with Crippen LogP contribution in [-0.4, -0.2) is 49.6 Å². The highest BCUT2D eigenvalue weighted by molar-refractivity contribution is 5.84. The molecule has 6 heteroatoms. The van der Waals surface area contributed by atoms with Crippen LogP contribution in [0.4, 0.5) is 4.79 Å². The number of nitrogens with zero attached hydrogens (tertiary/aromatic N) is 1. The molecular weight excluding hydrogens is 294 g/mol. The van der Waals surface area contributed by atoms with Crippen molar-refractivity contribution < 1.29 is 14.3 Å². The highest BCUT2D eigenvalue weighted by Gasteiger charge is 2.17. The molecule has 0 atom stereocenters. The topological polar surface area (TPSA) is 70.7 Å². The number of likely N-dealkylation sites (N-methyl/N-ethyl adjacent to an activating group) is 1. The van der Waals surface area contributed by atoms with Crippen LogP contribution in [0.3, 0.4) is 0 Å². The molecule has 0 aromatic heterocycles. The van der Waals surface area contributed by atoms with Gasteiger partial charge in [-0.25, -0.2) is 4.79 Å². The van der Waals surface area contributed by atoms with Crippen LogP contribution in [-0.2, 0) is 11.2 Å². The smallest absolute Gasteiger partial charge is 0.317 e. The number of urea groups is 1. The van der Waals surface area contributed by atoms with E-state index in [1.165, 1.54) is 4.90 Å². The first-order valence-corrected chi connectivity index (χ1v) is 7.65. The van der Waals surface area contributed by atoms with Crippen LogP contribution in [0.15, 0.2) is 24.3 Å². The van der Waals surface area contributed by atoms with Crippen molar-refractivity contribution in [1.82, 2.24) is 15.5 Å². The van der Waals surface area contributed by atoms with Crippen molar-refractivity contribution in [2.24, 2.45) is 0 Å². The third kappa shape index (κ3) is 7.04. The van der Waals surface area contributed by atoms with Crippen molar-refractivity contribution in [1.29, 1.82) is 0 Å². The maximum atomic E-state index is 12.0. The Hall–Kier alpha value is -2.24. The maximum Gasteiger partial charge on any atom is 0.317 e. The van der Waals surface area contributed by atoms with Crippen molar-refractivity contribution in [3.05, 3.63) is 29.8 Å². The molecule has 0 unspecified atom stereocenters. The van der Waals surface area contributed by atoms with Crippen LogP contribution in [0.5, 0.6) is 5.75 Å². The van der Waals surface area contributed by atoms with Crippen LogP contribution in [0.2, 0.25) is 0 Å². The molecule has 0 saturated heterocycles. The summed E-state index contributed by atoms with van der Waals surface area (Å²) in [5.41, 5.74) is 0.724. The summed E-state index contributed by atoms with van der Waals surface area (Å²) in [4.78, 5) is 25.2. The van der Waals surface area contributed by atoms with E-state index in [4.69, 9.17) is 4.74 Å². The third-order valence-electron chi connectivity index (χ3n) is 3.10. The minimum atomic E-state index is -0.307. The van der Waals surface area contributed by atoms with E-state index in [1.807, 2.05) is 45.0 Å². The molecule has 3 amide bonds. The summed E-state index contributed by atoms with van der Waals surface area (Å²) in [6.07, 6.45) is 0.664. The molecular formula is C17H27N3O3. The summed E-state index contributed by atoms with van der Waals surface area (Å²) in [5, 5.41) is 5.63. The van der Waals surface area contributed by atoms with Crippen molar-refractivity contribution in [2.75, 3.05) is 27.2 Å². The summed E-state index contributed by atoms with van der Waals surface area (Å²) in [7, 11) is 3.22. The molecule has 23 heavy (non-hydrogen) atoms. The van der Waals surface area contributed by atoms with Gasteiger partial charge in [0.05, 0.1) is 7.11 Å². The Morgan fingerprint density at radius 2 is 1.87 bits per heavy atom. The van der Waals surface area contributed by atoms with Gasteiger partial charge in [0.15, 0.2) is 0 Å². The zero-order valence-electron chi connectivity index (χ0n) is 14.6. The predicted octanol–water partition coefficient (Wildman–Crippen LogP) is 1.79. The van der Waals surface area contributed by atoms with Crippen molar-refractivity contribution >= 4 is 11.9 Å². The Morgan fingerprint density at radius 3 is 2.48 bits per heavy atom. The van der Waals surface area contributed by atoms with Crippen LogP contribution in [0, 0.1) is 0 Å². The van der Waals surface area contributed by atoms with Crippen LogP contribution in [0.1, 0.15) is 26.3 Å². The van der Waals surface area contributed by atoms with Gasteiger partial charge < -0.3 is 20.3 Å². The average Bonchev–Trinajstić information content (AvgIpc) is 2.45. The second-order valence-corrected chi connectivity index (χ2v) is 6.45. The van der Waals surface area contributed by atoms with E-state index in [1.54, 1.807) is 14.2 Å². The molecule has 0 radical (unpaired) electrons. The number of ether oxygens (including phenoxy) is 1. The van der Waals surface area contributed by atoms with E-state index in [9.17, 15) is 9.59 Å². The zero-order chi connectivity index (χ0) is 17.5. The predicted molar refractivity (Wildman–Crippen MR) is 90.6 cm³/mol. The molecule has 1 rings (SSSR count). The first kappa shape index (κ1) is 18.8. The highest BCUT2D eigenvalue weighted by Crippen LogP contribution is 2.17. The van der Waals surface area contributed by atoms with E-state index in [-0.39, 0.29) is 24.0 Å². The van der Waals surface area contributed by atoms with Gasteiger partial charge in [-0.2, -0.15) is 0 Å². The summed E-state index contributed by atoms with van der Waals surface area (Å²) in [5.74, 6) is 0.625. The van der Waals surface area contributed by atoms with E-state index in [2.05, 4.69) is 10.6 Å². The first-order chi connectivity index (χ1) is 10.7. The largest absolute Gasteiger partial charge is 0.496 e. The van der Waals surface area contributed by atoms with E-state index in [0.29, 0.717) is 13.0 Å². The number of carbonyl (C=O) groups excluding carboxylic acids is 2. The van der Waals surface area contributed by atoms with Gasteiger partial charge in [-0.1, -0.05) is 18.2 Å². The lowest BCUT2D eigenvalue weighted by Gasteiger charge is -2.23. The Bertz CT molecular complexity index is 538. The lowest BCUT2D eigenvalue weighted by Crippen LogP contribution is -2.48. The lowest BCUT2D eigenvalue weighted by molar-refractivity contribution is -0.122. The van der Waals surface area contributed by atoms with Crippen LogP contribution in [0.25, 0.3) is 0 Å². The van der Waals surface area contributed by atoms with Crippen LogP contribution >= 0.6 is 0 Å². The van der Waals surface area contributed by atoms with Crippen LogP contribution < -0.4 is 15.4 Å². The number of rotatable bonds is 6. The summed E-state index contributed by atoms with van der Waals surface area (Å²) in [6.45, 7) is 6.21. The third-order valence-corrected chi connectivity index (χ3v) is 3.10. The van der Waals surface area contributed by atoms with E-state index < -0.39 is 0 Å². The van der Waals surface area contributed by atoms with Gasteiger partial charge in [0.2, 0.25) is 5.91 Å². The molecule has 0 saturated carbocycles. The number of nitrogens with one attached hydrogen (secondary N) is 2. The Labute approximate surface area is 138 Å². The highest BCUT2D eigenvalue weighted by atomic mass is 16.5. The molecule has 0 heterocycles. The zero-order valence-corrected chi connectivity index (χ0v) is 14.6. The molecule has 128 valence electrons. The van der Waals surface area contributed by atoms with Gasteiger partial charge in [0.25, 0.3) is 0 Å². The fraction of sp³-hybridized carbons (Fsp3) is 0.529. The fourth-order valence-electron chi connectivity index (χ4n) is 2.09. The van der Waals surface area contributed by atoms with Gasteiger partial charge >= 0.3 is 6.03 Å². The second kappa shape index (κ2) is 8.41. The Morgan fingerprint density at radius 1 is 1.22 bits per heavy atom. The number of methoxy groups -OCH3 is 1. The number of para-hydroxylation sites is 1. The summed E-state index contributed by atoms with van der Waals surface area (Å²) >= 11 is 0. The standard InChI is InChI=1S/C17H27N3O3/c1-17(2,3)19-15(21)12-20(4)16(22)18-11-10-13-8-6-7-9-14(13)23-5/h6-9H,10-12H2,1-5H3,(H,18,22)(H,19,21). The minimum absolute atomic E-state index is 0.0256. The molecule has 0 bridgehead atoms. The van der Waals surface area contributed by atoms with Crippen molar-refractivity contribution in [3.8, 4) is 5.75 Å².